The van der Waals surface area contributed by atoms with Crippen LogP contribution in [0.15, 0.2) is 4.99 Å². The van der Waals surface area contributed by atoms with E-state index in [9.17, 15) is 0 Å². The smallest absolute Gasteiger partial charge is 0.193 e. The number of halogens is 1. The van der Waals surface area contributed by atoms with Gasteiger partial charge in [-0.2, -0.15) is 0 Å². The van der Waals surface area contributed by atoms with Gasteiger partial charge in [0.1, 0.15) is 0 Å². The van der Waals surface area contributed by atoms with Crippen molar-refractivity contribution in [3.8, 4) is 0 Å². The molecule has 5 nitrogen and oxygen atoms in total. The van der Waals surface area contributed by atoms with E-state index in [1.165, 1.54) is 19.3 Å². The van der Waals surface area contributed by atoms with Crippen molar-refractivity contribution in [3.05, 3.63) is 0 Å². The number of rotatable bonds is 7. The first-order chi connectivity index (χ1) is 11.0. The Morgan fingerprint density at radius 3 is 2.75 bits per heavy atom. The van der Waals surface area contributed by atoms with E-state index in [4.69, 9.17) is 9.47 Å². The van der Waals surface area contributed by atoms with Crippen molar-refractivity contribution < 1.29 is 9.47 Å². The van der Waals surface area contributed by atoms with Crippen LogP contribution < -0.4 is 5.32 Å². The molecule has 3 fully saturated rings. The van der Waals surface area contributed by atoms with Gasteiger partial charge in [-0.05, 0) is 32.1 Å². The first-order valence-corrected chi connectivity index (χ1v) is 9.25. The van der Waals surface area contributed by atoms with Gasteiger partial charge in [0.25, 0.3) is 0 Å². The summed E-state index contributed by atoms with van der Waals surface area (Å²) >= 11 is 0. The first-order valence-electron chi connectivity index (χ1n) is 9.25. The summed E-state index contributed by atoms with van der Waals surface area (Å²) in [5, 5.41) is 3.72. The number of hydrogen-bond donors (Lipinski definition) is 1. The molecule has 0 amide bonds. The molecule has 2 saturated carbocycles. The number of hydrogen-bond acceptors (Lipinski definition) is 3. The van der Waals surface area contributed by atoms with Crippen LogP contribution in [0.1, 0.15) is 40.0 Å². The van der Waals surface area contributed by atoms with Crippen LogP contribution in [0.3, 0.4) is 0 Å². The summed E-state index contributed by atoms with van der Waals surface area (Å²) in [6.07, 6.45) is 4.28. The fourth-order valence-electron chi connectivity index (χ4n) is 4.02. The van der Waals surface area contributed by atoms with Gasteiger partial charge in [0.15, 0.2) is 5.96 Å². The lowest BCUT2D eigenvalue weighted by atomic mass is 9.57. The van der Waals surface area contributed by atoms with Crippen LogP contribution in [-0.4, -0.2) is 63.0 Å². The van der Waals surface area contributed by atoms with Crippen LogP contribution in [-0.2, 0) is 9.47 Å². The zero-order chi connectivity index (χ0) is 16.4. The first kappa shape index (κ1) is 20.2. The third kappa shape index (κ3) is 4.36. The Kier molecular flexibility index (Phi) is 7.20. The lowest BCUT2D eigenvalue weighted by Crippen LogP contribution is -2.68. The third-order valence-electron chi connectivity index (χ3n) is 5.68. The van der Waals surface area contributed by atoms with Gasteiger partial charge < -0.3 is 19.7 Å². The Morgan fingerprint density at radius 1 is 1.33 bits per heavy atom. The predicted molar refractivity (Wildman–Crippen MR) is 108 cm³/mol. The molecule has 3 unspecified atom stereocenters. The van der Waals surface area contributed by atoms with E-state index in [1.54, 1.807) is 0 Å². The quantitative estimate of drug-likeness (QED) is 0.280. The zero-order valence-corrected chi connectivity index (χ0v) is 17.9. The number of fused-ring (bicyclic) bond motifs is 1. The van der Waals surface area contributed by atoms with E-state index in [-0.39, 0.29) is 29.4 Å². The minimum absolute atomic E-state index is 0. The second-order valence-electron chi connectivity index (χ2n) is 7.93. The summed E-state index contributed by atoms with van der Waals surface area (Å²) in [5.41, 5.74) is 0.180. The Labute approximate surface area is 164 Å². The number of ether oxygens (including phenoxy) is 2. The van der Waals surface area contributed by atoms with Crippen LogP contribution in [0.5, 0.6) is 0 Å². The van der Waals surface area contributed by atoms with Crippen molar-refractivity contribution in [1.82, 2.24) is 10.2 Å². The average molecular weight is 451 g/mol. The standard InChI is InChI=1S/C18H33N3O2.HI/c1-5-19-17(21(4)9-11-22-12-13-6-7-13)20-15-14-8-10-23-16(14)18(15,2)3;/h13-16H,5-12H2,1-4H3,(H,19,20);1H. The molecule has 0 aromatic heterocycles. The summed E-state index contributed by atoms with van der Waals surface area (Å²) < 4.78 is 11.7. The van der Waals surface area contributed by atoms with E-state index in [1.807, 2.05) is 0 Å². The molecule has 6 heteroatoms. The van der Waals surface area contributed by atoms with Crippen molar-refractivity contribution >= 4 is 29.9 Å². The van der Waals surface area contributed by atoms with Crippen LogP contribution in [0.25, 0.3) is 0 Å². The number of aliphatic imine (C=N–C) groups is 1. The van der Waals surface area contributed by atoms with E-state index in [0.717, 1.165) is 44.8 Å². The van der Waals surface area contributed by atoms with Gasteiger partial charge in [0, 0.05) is 50.7 Å². The number of nitrogens with zero attached hydrogens (tertiary/aromatic N) is 2. The highest BCUT2D eigenvalue weighted by Crippen LogP contribution is 2.52. The minimum atomic E-state index is 0. The van der Waals surface area contributed by atoms with Crippen LogP contribution in [0.4, 0.5) is 0 Å². The maximum atomic E-state index is 5.89. The molecule has 0 aromatic carbocycles. The van der Waals surface area contributed by atoms with Gasteiger partial charge in [0.2, 0.25) is 0 Å². The molecule has 0 spiro atoms. The topological polar surface area (TPSA) is 46.1 Å². The highest BCUT2D eigenvalue weighted by Gasteiger charge is 2.59. The highest BCUT2D eigenvalue weighted by atomic mass is 127. The van der Waals surface area contributed by atoms with Crippen LogP contribution in [0.2, 0.25) is 0 Å². The molecule has 24 heavy (non-hydrogen) atoms. The van der Waals surface area contributed by atoms with Crippen molar-refractivity contribution in [2.24, 2.45) is 22.2 Å². The monoisotopic (exact) mass is 451 g/mol. The summed E-state index contributed by atoms with van der Waals surface area (Å²) in [4.78, 5) is 6.89. The molecule has 0 bridgehead atoms. The van der Waals surface area contributed by atoms with Gasteiger partial charge >= 0.3 is 0 Å². The fourth-order valence-corrected chi connectivity index (χ4v) is 4.02. The molecular formula is C18H34IN3O2. The molecule has 1 aliphatic heterocycles. The van der Waals surface area contributed by atoms with Gasteiger partial charge in [-0.3, -0.25) is 4.99 Å². The van der Waals surface area contributed by atoms with Gasteiger partial charge in [-0.15, -0.1) is 24.0 Å². The molecular weight excluding hydrogens is 417 g/mol. The third-order valence-corrected chi connectivity index (χ3v) is 5.68. The van der Waals surface area contributed by atoms with E-state index < -0.39 is 0 Å². The predicted octanol–water partition coefficient (Wildman–Crippen LogP) is 2.74. The molecule has 1 saturated heterocycles. The molecule has 1 N–H and O–H groups in total. The van der Waals surface area contributed by atoms with Crippen LogP contribution >= 0.6 is 24.0 Å². The van der Waals surface area contributed by atoms with Crippen molar-refractivity contribution in [1.29, 1.82) is 0 Å². The minimum Gasteiger partial charge on any atom is -0.379 e. The summed E-state index contributed by atoms with van der Waals surface area (Å²) in [7, 11) is 2.11. The SMILES string of the molecule is CCN=C(NC1C2CCOC2C1(C)C)N(C)CCOCC1CC1.I. The normalized spacial score (nSPS) is 31.0. The lowest BCUT2D eigenvalue weighted by molar-refractivity contribution is -0.107. The van der Waals surface area contributed by atoms with Crippen molar-refractivity contribution in [3.63, 3.8) is 0 Å². The van der Waals surface area contributed by atoms with Crippen molar-refractivity contribution in [2.45, 2.75) is 52.2 Å². The van der Waals surface area contributed by atoms with Crippen molar-refractivity contribution in [2.75, 3.05) is 40.0 Å². The molecule has 3 atom stereocenters. The maximum absolute atomic E-state index is 5.89. The van der Waals surface area contributed by atoms with Gasteiger partial charge in [0.05, 0.1) is 12.7 Å². The lowest BCUT2D eigenvalue weighted by Gasteiger charge is -2.55. The average Bonchev–Trinajstić information content (AvgIpc) is 3.23. The Bertz CT molecular complexity index is 440. The van der Waals surface area contributed by atoms with Gasteiger partial charge in [-0.25, -0.2) is 0 Å². The highest BCUT2D eigenvalue weighted by molar-refractivity contribution is 14.0. The Hall–Kier alpha value is -0.0800. The Balaban J connectivity index is 0.00000208. The zero-order valence-electron chi connectivity index (χ0n) is 15.6. The molecule has 0 radical (unpaired) electrons. The van der Waals surface area contributed by atoms with E-state index in [2.05, 4.69) is 43.0 Å². The second-order valence-corrected chi connectivity index (χ2v) is 7.93. The van der Waals surface area contributed by atoms with Crippen LogP contribution in [0, 0.1) is 17.3 Å². The summed E-state index contributed by atoms with van der Waals surface area (Å²) in [6.45, 7) is 11.0. The summed E-state index contributed by atoms with van der Waals surface area (Å²) in [6, 6.07) is 0.454. The summed E-state index contributed by atoms with van der Waals surface area (Å²) in [5.74, 6) is 2.47. The molecule has 1 heterocycles. The molecule has 0 aromatic rings. The molecule has 2 aliphatic carbocycles. The largest absolute Gasteiger partial charge is 0.379 e. The Morgan fingerprint density at radius 2 is 2.08 bits per heavy atom. The van der Waals surface area contributed by atoms with Gasteiger partial charge in [-0.1, -0.05) is 13.8 Å². The second kappa shape index (κ2) is 8.54. The molecule has 3 aliphatic rings. The number of likely N-dealkylation sites (N-methyl/N-ethyl adjacent to an activating group) is 1. The maximum Gasteiger partial charge on any atom is 0.193 e. The van der Waals surface area contributed by atoms with E-state index >= 15 is 0 Å². The number of guanidine groups is 1. The number of nitrogens with one attached hydrogen (secondary N) is 1. The fraction of sp³-hybridized carbons (Fsp3) is 0.944. The van der Waals surface area contributed by atoms with E-state index in [0.29, 0.717) is 18.1 Å². The molecule has 3 rings (SSSR count). The molecule has 140 valence electrons.